The fraction of sp³-hybridized carbons (Fsp3) is 0.400. The fourth-order valence-electron chi connectivity index (χ4n) is 3.50. The highest BCUT2D eigenvalue weighted by Crippen LogP contribution is 2.40. The summed E-state index contributed by atoms with van der Waals surface area (Å²) in [5.74, 6) is -1.09. The van der Waals surface area contributed by atoms with Crippen LogP contribution in [0.1, 0.15) is 23.1 Å². The van der Waals surface area contributed by atoms with E-state index in [1.807, 2.05) is 5.32 Å². The second kappa shape index (κ2) is 8.41. The summed E-state index contributed by atoms with van der Waals surface area (Å²) in [4.78, 5) is 16.8. The van der Waals surface area contributed by atoms with Crippen LogP contribution in [0.2, 0.25) is 0 Å². The summed E-state index contributed by atoms with van der Waals surface area (Å²) in [5.41, 5.74) is -4.97. The molecule has 2 aromatic rings. The number of carbonyl (C=O) groups is 1. The van der Waals surface area contributed by atoms with Crippen molar-refractivity contribution >= 4 is 11.6 Å². The predicted octanol–water partition coefficient (Wildman–Crippen LogP) is 4.99. The molecule has 33 heavy (non-hydrogen) atoms. The molecule has 0 spiro atoms. The molecule has 1 aromatic heterocycles. The zero-order valence-electron chi connectivity index (χ0n) is 16.6. The highest BCUT2D eigenvalue weighted by Gasteiger charge is 2.59. The minimum Gasteiger partial charge on any atom is -0.367 e. The van der Waals surface area contributed by atoms with Crippen molar-refractivity contribution in [1.29, 1.82) is 0 Å². The number of carbonyl (C=O) groups excluding carboxylic acids is 1. The maximum absolute atomic E-state index is 13.9. The van der Waals surface area contributed by atoms with E-state index in [0.717, 1.165) is 23.2 Å². The van der Waals surface area contributed by atoms with E-state index in [1.54, 1.807) is 0 Å². The van der Waals surface area contributed by atoms with E-state index in [9.17, 15) is 44.3 Å². The van der Waals surface area contributed by atoms with Crippen molar-refractivity contribution in [3.05, 3.63) is 59.4 Å². The molecule has 1 fully saturated rings. The van der Waals surface area contributed by atoms with Crippen LogP contribution in [0.5, 0.6) is 0 Å². The Morgan fingerprint density at radius 1 is 0.939 bits per heavy atom. The van der Waals surface area contributed by atoms with Crippen LogP contribution in [-0.2, 0) is 23.6 Å². The number of rotatable bonds is 4. The average molecular weight is 485 g/mol. The standard InChI is InChI=1S/C20H16F9N3O/c21-18(22,23)13-3-1-12(2-4-13)7-16(33)31-17(20(27,28)29)5-6-32(11-17)15-8-14(9-30-10-15)19(24,25)26/h1-4,8-10H,5-7,11H2,(H,31,33)/t17-/m0/s1. The number of alkyl halides is 9. The molecule has 0 aliphatic carbocycles. The first-order chi connectivity index (χ1) is 15.1. The number of halogens is 9. The van der Waals surface area contributed by atoms with Gasteiger partial charge in [0.15, 0.2) is 5.54 Å². The molecule has 1 N–H and O–H groups in total. The van der Waals surface area contributed by atoms with Crippen molar-refractivity contribution in [2.75, 3.05) is 18.0 Å². The van der Waals surface area contributed by atoms with Crippen LogP contribution in [0.3, 0.4) is 0 Å². The van der Waals surface area contributed by atoms with Crippen LogP contribution in [0.4, 0.5) is 45.2 Å². The molecule has 0 unspecified atom stereocenters. The summed E-state index contributed by atoms with van der Waals surface area (Å²) < 4.78 is 118. The van der Waals surface area contributed by atoms with E-state index < -0.39 is 60.5 Å². The molecule has 1 aliphatic heterocycles. The molecule has 3 rings (SSSR count). The third kappa shape index (κ3) is 5.50. The smallest absolute Gasteiger partial charge is 0.367 e. The summed E-state index contributed by atoms with van der Waals surface area (Å²) in [6, 6.07) is 4.06. The van der Waals surface area contributed by atoms with E-state index in [-0.39, 0.29) is 17.8 Å². The SMILES string of the molecule is O=C(Cc1ccc(C(F)(F)F)cc1)N[C@@]1(C(F)(F)F)CCN(c2cncc(C(F)(F)F)c2)C1. The van der Waals surface area contributed by atoms with Crippen LogP contribution in [-0.4, -0.2) is 35.7 Å². The number of hydrogen-bond acceptors (Lipinski definition) is 3. The van der Waals surface area contributed by atoms with Gasteiger partial charge in [0.2, 0.25) is 5.91 Å². The van der Waals surface area contributed by atoms with Gasteiger partial charge in [-0.1, -0.05) is 12.1 Å². The summed E-state index contributed by atoms with van der Waals surface area (Å²) in [6.07, 6.45) is -14.0. The first kappa shape index (κ1) is 24.6. The molecule has 1 aromatic carbocycles. The topological polar surface area (TPSA) is 45.2 Å². The van der Waals surface area contributed by atoms with Gasteiger partial charge in [-0.3, -0.25) is 9.78 Å². The van der Waals surface area contributed by atoms with Crippen molar-refractivity contribution in [3.63, 3.8) is 0 Å². The molecule has 180 valence electrons. The summed E-state index contributed by atoms with van der Waals surface area (Å²) in [5, 5.41) is 1.90. The predicted molar refractivity (Wildman–Crippen MR) is 98.1 cm³/mol. The molecule has 2 heterocycles. The number of aromatic nitrogens is 1. The van der Waals surface area contributed by atoms with E-state index in [1.165, 1.54) is 0 Å². The largest absolute Gasteiger partial charge is 0.417 e. The lowest BCUT2D eigenvalue weighted by Crippen LogP contribution is -2.60. The van der Waals surface area contributed by atoms with Crippen LogP contribution in [0, 0.1) is 0 Å². The Hall–Kier alpha value is -2.99. The van der Waals surface area contributed by atoms with Gasteiger partial charge in [-0.2, -0.15) is 39.5 Å². The fourth-order valence-corrected chi connectivity index (χ4v) is 3.50. The van der Waals surface area contributed by atoms with Crippen molar-refractivity contribution < 1.29 is 44.3 Å². The third-order valence-electron chi connectivity index (χ3n) is 5.25. The van der Waals surface area contributed by atoms with E-state index >= 15 is 0 Å². The van der Waals surface area contributed by atoms with Crippen molar-refractivity contribution in [2.45, 2.75) is 36.9 Å². The Bertz CT molecular complexity index is 1000. The van der Waals surface area contributed by atoms with Crippen LogP contribution in [0.25, 0.3) is 0 Å². The van der Waals surface area contributed by atoms with Gasteiger partial charge in [0.25, 0.3) is 0 Å². The quantitative estimate of drug-likeness (QED) is 0.621. The second-order valence-electron chi connectivity index (χ2n) is 7.60. The zero-order valence-corrected chi connectivity index (χ0v) is 16.6. The lowest BCUT2D eigenvalue weighted by Gasteiger charge is -2.33. The lowest BCUT2D eigenvalue weighted by molar-refractivity contribution is -0.192. The Balaban J connectivity index is 1.76. The minimum absolute atomic E-state index is 0.0646. The summed E-state index contributed by atoms with van der Waals surface area (Å²) >= 11 is 0. The second-order valence-corrected chi connectivity index (χ2v) is 7.60. The first-order valence-electron chi connectivity index (χ1n) is 9.42. The molecular formula is C20H16F9N3O. The summed E-state index contributed by atoms with van der Waals surface area (Å²) in [6.45, 7) is -1.15. The number of nitrogens with one attached hydrogen (secondary N) is 1. The Morgan fingerprint density at radius 3 is 2.09 bits per heavy atom. The van der Waals surface area contributed by atoms with E-state index in [2.05, 4.69) is 4.98 Å². The van der Waals surface area contributed by atoms with Gasteiger partial charge in [-0.15, -0.1) is 0 Å². The van der Waals surface area contributed by atoms with Gasteiger partial charge in [-0.05, 0) is 30.2 Å². The molecule has 0 bridgehead atoms. The van der Waals surface area contributed by atoms with Gasteiger partial charge in [0.1, 0.15) is 0 Å². The van der Waals surface area contributed by atoms with Crippen molar-refractivity contribution in [3.8, 4) is 0 Å². The highest BCUT2D eigenvalue weighted by atomic mass is 19.4. The molecule has 1 atom stereocenters. The van der Waals surface area contributed by atoms with Crippen molar-refractivity contribution in [1.82, 2.24) is 10.3 Å². The van der Waals surface area contributed by atoms with E-state index in [0.29, 0.717) is 24.4 Å². The van der Waals surface area contributed by atoms with Crippen LogP contribution in [0.15, 0.2) is 42.7 Å². The summed E-state index contributed by atoms with van der Waals surface area (Å²) in [7, 11) is 0. The molecular weight excluding hydrogens is 469 g/mol. The molecule has 0 radical (unpaired) electrons. The molecule has 13 heteroatoms. The lowest BCUT2D eigenvalue weighted by atomic mass is 9.97. The number of pyridine rings is 1. The first-order valence-corrected chi connectivity index (χ1v) is 9.42. The van der Waals surface area contributed by atoms with Gasteiger partial charge in [0, 0.05) is 12.7 Å². The normalized spacial score (nSPS) is 19.6. The number of amides is 1. The van der Waals surface area contributed by atoms with Gasteiger partial charge < -0.3 is 10.2 Å². The average Bonchev–Trinajstić information content (AvgIpc) is 3.12. The molecule has 1 aliphatic rings. The molecule has 1 amide bonds. The molecule has 0 saturated carbocycles. The van der Waals surface area contributed by atoms with Crippen LogP contribution >= 0.6 is 0 Å². The maximum atomic E-state index is 13.9. The molecule has 4 nitrogen and oxygen atoms in total. The highest BCUT2D eigenvalue weighted by molar-refractivity contribution is 5.79. The van der Waals surface area contributed by atoms with E-state index in [4.69, 9.17) is 0 Å². The number of nitrogens with zero attached hydrogens (tertiary/aromatic N) is 2. The number of benzene rings is 1. The van der Waals surface area contributed by atoms with Crippen LogP contribution < -0.4 is 10.2 Å². The maximum Gasteiger partial charge on any atom is 0.417 e. The van der Waals surface area contributed by atoms with Gasteiger partial charge in [-0.25, -0.2) is 0 Å². The third-order valence-corrected chi connectivity index (χ3v) is 5.25. The Labute approximate surface area is 181 Å². The Morgan fingerprint density at radius 2 is 1.55 bits per heavy atom. The van der Waals surface area contributed by atoms with Gasteiger partial charge >= 0.3 is 18.5 Å². The van der Waals surface area contributed by atoms with Crippen molar-refractivity contribution in [2.24, 2.45) is 0 Å². The molecule has 1 saturated heterocycles. The zero-order chi connectivity index (χ0) is 24.7. The Kier molecular flexibility index (Phi) is 6.28. The monoisotopic (exact) mass is 485 g/mol. The van der Waals surface area contributed by atoms with Gasteiger partial charge in [0.05, 0.1) is 36.0 Å². The number of anilines is 1. The number of hydrogen-bond donors (Lipinski definition) is 1. The minimum atomic E-state index is -4.94.